The van der Waals surface area contributed by atoms with Crippen LogP contribution in [0.4, 0.5) is 0 Å². The third-order valence-corrected chi connectivity index (χ3v) is 6.93. The second-order valence-corrected chi connectivity index (χ2v) is 10.0. The second kappa shape index (κ2) is 10.6. The van der Waals surface area contributed by atoms with Crippen LogP contribution in [0.15, 0.2) is 40.0 Å². The van der Waals surface area contributed by atoms with Gasteiger partial charge in [-0.1, -0.05) is 58.6 Å². The highest BCUT2D eigenvalue weighted by Crippen LogP contribution is 2.25. The zero-order valence-corrected chi connectivity index (χ0v) is 20.7. The summed E-state index contributed by atoms with van der Waals surface area (Å²) in [6, 6.07) is 9.95. The van der Waals surface area contributed by atoms with E-state index in [4.69, 9.17) is 0 Å². The van der Waals surface area contributed by atoms with Crippen LogP contribution < -0.4 is 5.32 Å². The van der Waals surface area contributed by atoms with Crippen LogP contribution in [0.25, 0.3) is 5.69 Å². The highest BCUT2D eigenvalue weighted by Gasteiger charge is 2.24. The van der Waals surface area contributed by atoms with E-state index in [1.165, 1.54) is 24.6 Å². The van der Waals surface area contributed by atoms with E-state index >= 15 is 0 Å². The Balaban J connectivity index is 1.61. The fourth-order valence-corrected chi connectivity index (χ4v) is 5.17. The molecule has 1 aliphatic rings. The van der Waals surface area contributed by atoms with E-state index in [9.17, 15) is 4.79 Å². The zero-order valence-electron chi connectivity index (χ0n) is 18.3. The number of benzene rings is 1. The van der Waals surface area contributed by atoms with Crippen LogP contribution in [0.1, 0.15) is 66.1 Å². The number of nitrogens with one attached hydrogen (secondary N) is 1. The number of nitrogens with zero attached hydrogens (tertiary/aromatic N) is 5. The minimum absolute atomic E-state index is 0.155. The number of aromatic nitrogens is 5. The number of thioether (sulfide) groups is 1. The molecule has 168 valence electrons. The fraction of sp³-hybridized carbons (Fsp3) is 0.435. The van der Waals surface area contributed by atoms with Gasteiger partial charge in [0.15, 0.2) is 10.9 Å². The molecule has 0 radical (unpaired) electrons. The molecule has 9 heteroatoms. The number of aryl methyl sites for hydroxylation is 2. The van der Waals surface area contributed by atoms with Gasteiger partial charge in [-0.25, -0.2) is 14.6 Å². The van der Waals surface area contributed by atoms with Crippen molar-refractivity contribution in [2.75, 3.05) is 0 Å². The van der Waals surface area contributed by atoms with Gasteiger partial charge in [-0.15, -0.1) is 5.10 Å². The molecule has 1 aliphatic carbocycles. The van der Waals surface area contributed by atoms with Crippen LogP contribution >= 0.6 is 27.7 Å². The average Bonchev–Trinajstić information content (AvgIpc) is 3.01. The fourth-order valence-electron chi connectivity index (χ4n) is 3.97. The molecule has 0 aliphatic heterocycles. The Morgan fingerprint density at radius 2 is 1.75 bits per heavy atom. The molecule has 1 N–H and O–H groups in total. The van der Waals surface area contributed by atoms with Crippen molar-refractivity contribution in [3.63, 3.8) is 0 Å². The maximum Gasteiger partial charge on any atom is 0.274 e. The average molecular weight is 515 g/mol. The van der Waals surface area contributed by atoms with Crippen LogP contribution in [0.2, 0.25) is 0 Å². The van der Waals surface area contributed by atoms with E-state index in [0.29, 0.717) is 16.6 Å². The summed E-state index contributed by atoms with van der Waals surface area (Å²) in [5.41, 5.74) is 3.81. The number of carbonyl (C=O) groups excluding carboxylic acids is 1. The molecule has 0 bridgehead atoms. The first-order valence-corrected chi connectivity index (χ1v) is 12.7. The van der Waals surface area contributed by atoms with Crippen molar-refractivity contribution in [3.8, 4) is 5.69 Å². The summed E-state index contributed by atoms with van der Waals surface area (Å²) >= 11 is 4.96. The van der Waals surface area contributed by atoms with Crippen LogP contribution in [0.5, 0.6) is 0 Å². The van der Waals surface area contributed by atoms with E-state index in [-0.39, 0.29) is 11.9 Å². The molecular weight excluding hydrogens is 488 g/mol. The van der Waals surface area contributed by atoms with Crippen molar-refractivity contribution in [1.29, 1.82) is 0 Å². The summed E-state index contributed by atoms with van der Waals surface area (Å²) in [5.74, 6) is 0.330. The molecule has 7 nitrogen and oxygen atoms in total. The van der Waals surface area contributed by atoms with Crippen molar-refractivity contribution in [2.24, 2.45) is 0 Å². The summed E-state index contributed by atoms with van der Waals surface area (Å²) in [7, 11) is 0. The lowest BCUT2D eigenvalue weighted by Crippen LogP contribution is -2.35. The topological polar surface area (TPSA) is 85.6 Å². The molecule has 0 unspecified atom stereocenters. The van der Waals surface area contributed by atoms with Gasteiger partial charge in [-0.3, -0.25) is 4.79 Å². The second-order valence-electron chi connectivity index (χ2n) is 8.16. The molecule has 0 saturated heterocycles. The Hall–Kier alpha value is -2.26. The molecule has 3 aromatic rings. The molecule has 1 saturated carbocycles. The van der Waals surface area contributed by atoms with Gasteiger partial charge in [0, 0.05) is 27.7 Å². The first-order valence-electron chi connectivity index (χ1n) is 11.0. The van der Waals surface area contributed by atoms with Gasteiger partial charge in [-0.05, 0) is 57.0 Å². The van der Waals surface area contributed by atoms with Crippen molar-refractivity contribution in [2.45, 2.75) is 69.3 Å². The summed E-state index contributed by atoms with van der Waals surface area (Å²) < 4.78 is 2.72. The number of halogens is 1. The Bertz CT molecular complexity index is 1060. The third-order valence-electron chi connectivity index (χ3n) is 5.54. The van der Waals surface area contributed by atoms with Crippen LogP contribution in [0.3, 0.4) is 0 Å². The molecular formula is C23H27BrN6OS. The lowest BCUT2D eigenvalue weighted by atomic mass is 10.1. The standard InChI is InChI=1S/C23H27BrN6OS/c1-15-13-16(2)26-23(25-15)32-14-20-21(22(31)27-18-7-5-3-4-6-8-18)28-29-30(20)19-11-9-17(24)10-12-19/h9-13,18H,3-8,14H2,1-2H3,(H,27,31). The number of carbonyl (C=O) groups is 1. The minimum Gasteiger partial charge on any atom is -0.348 e. The molecule has 1 amide bonds. The predicted molar refractivity (Wildman–Crippen MR) is 129 cm³/mol. The number of hydrogen-bond acceptors (Lipinski definition) is 6. The summed E-state index contributed by atoms with van der Waals surface area (Å²) in [4.78, 5) is 22.2. The van der Waals surface area contributed by atoms with Crippen LogP contribution in [-0.2, 0) is 5.75 Å². The molecule has 0 atom stereocenters. The van der Waals surface area contributed by atoms with E-state index in [1.807, 2.05) is 44.2 Å². The summed E-state index contributed by atoms with van der Waals surface area (Å²) in [6.07, 6.45) is 6.83. The monoisotopic (exact) mass is 514 g/mol. The first-order chi connectivity index (χ1) is 15.5. The highest BCUT2D eigenvalue weighted by molar-refractivity contribution is 9.10. The smallest absolute Gasteiger partial charge is 0.274 e. The molecule has 1 fully saturated rings. The van der Waals surface area contributed by atoms with Crippen molar-refractivity contribution < 1.29 is 4.79 Å². The largest absolute Gasteiger partial charge is 0.348 e. The van der Waals surface area contributed by atoms with Gasteiger partial charge >= 0.3 is 0 Å². The lowest BCUT2D eigenvalue weighted by molar-refractivity contribution is 0.0927. The van der Waals surface area contributed by atoms with E-state index in [1.54, 1.807) is 4.68 Å². The molecule has 0 spiro atoms. The highest BCUT2D eigenvalue weighted by atomic mass is 79.9. The summed E-state index contributed by atoms with van der Waals surface area (Å²) in [5, 5.41) is 12.5. The van der Waals surface area contributed by atoms with Crippen molar-refractivity contribution in [1.82, 2.24) is 30.3 Å². The van der Waals surface area contributed by atoms with Gasteiger partial charge in [0.25, 0.3) is 5.91 Å². The molecule has 1 aromatic carbocycles. The van der Waals surface area contributed by atoms with E-state index < -0.39 is 0 Å². The normalized spacial score (nSPS) is 14.8. The maximum absolute atomic E-state index is 13.2. The van der Waals surface area contributed by atoms with Gasteiger partial charge < -0.3 is 5.32 Å². The van der Waals surface area contributed by atoms with Crippen molar-refractivity contribution >= 4 is 33.6 Å². The maximum atomic E-state index is 13.2. The lowest BCUT2D eigenvalue weighted by Gasteiger charge is -2.16. The molecule has 2 aromatic heterocycles. The Labute approximate surface area is 200 Å². The van der Waals surface area contributed by atoms with E-state index in [2.05, 4.69) is 41.5 Å². The number of rotatable bonds is 6. The third kappa shape index (κ3) is 5.75. The molecule has 4 rings (SSSR count). The number of amides is 1. The quantitative estimate of drug-likeness (QED) is 0.277. The first kappa shape index (κ1) is 22.9. The van der Waals surface area contributed by atoms with Crippen LogP contribution in [-0.4, -0.2) is 36.9 Å². The Morgan fingerprint density at radius 1 is 1.09 bits per heavy atom. The molecule has 32 heavy (non-hydrogen) atoms. The summed E-state index contributed by atoms with van der Waals surface area (Å²) in [6.45, 7) is 3.91. The van der Waals surface area contributed by atoms with Crippen LogP contribution in [0, 0.1) is 13.8 Å². The minimum atomic E-state index is -0.155. The zero-order chi connectivity index (χ0) is 22.5. The number of hydrogen-bond donors (Lipinski definition) is 1. The van der Waals surface area contributed by atoms with Gasteiger partial charge in [0.1, 0.15) is 0 Å². The Kier molecular flexibility index (Phi) is 7.57. The predicted octanol–water partition coefficient (Wildman–Crippen LogP) is 5.18. The van der Waals surface area contributed by atoms with Crippen molar-refractivity contribution in [3.05, 3.63) is 57.6 Å². The van der Waals surface area contributed by atoms with Gasteiger partial charge in [-0.2, -0.15) is 0 Å². The molecule has 2 heterocycles. The Morgan fingerprint density at radius 3 is 2.41 bits per heavy atom. The van der Waals surface area contributed by atoms with Gasteiger partial charge in [0.2, 0.25) is 0 Å². The SMILES string of the molecule is Cc1cc(C)nc(SCc2c(C(=O)NC3CCCCCC3)nnn2-c2ccc(Br)cc2)n1. The van der Waals surface area contributed by atoms with Gasteiger partial charge in [0.05, 0.1) is 11.4 Å². The van der Waals surface area contributed by atoms with E-state index in [0.717, 1.165) is 52.9 Å².